The molecule has 0 aromatic carbocycles. The lowest BCUT2D eigenvalue weighted by Gasteiger charge is -2.37. The minimum absolute atomic E-state index is 0.266. The smallest absolute Gasteiger partial charge is 0.246 e. The van der Waals surface area contributed by atoms with Crippen molar-refractivity contribution in [2.45, 2.75) is 36.6 Å². The Labute approximate surface area is 113 Å². The maximum absolute atomic E-state index is 12.3. The van der Waals surface area contributed by atoms with Crippen LogP contribution in [0.3, 0.4) is 0 Å². The van der Waals surface area contributed by atoms with E-state index in [0.717, 1.165) is 13.1 Å². The molecule has 1 aliphatic heterocycles. The van der Waals surface area contributed by atoms with Crippen LogP contribution in [0.15, 0.2) is 17.3 Å². The average Bonchev–Trinajstić information content (AvgIpc) is 3.12. The molecular weight excluding hydrogens is 264 g/mol. The molecule has 1 saturated carbocycles. The van der Waals surface area contributed by atoms with Gasteiger partial charge >= 0.3 is 0 Å². The van der Waals surface area contributed by atoms with Crippen molar-refractivity contribution >= 4 is 10.0 Å². The third-order valence-electron chi connectivity index (χ3n) is 4.23. The lowest BCUT2D eigenvalue weighted by atomic mass is 10.2. The summed E-state index contributed by atoms with van der Waals surface area (Å²) in [7, 11) is -3.35. The number of hydrogen-bond acceptors (Lipinski definition) is 4. The molecule has 19 heavy (non-hydrogen) atoms. The third kappa shape index (κ3) is 2.54. The second-order valence-electron chi connectivity index (χ2n) is 5.31. The highest BCUT2D eigenvalue weighted by Gasteiger charge is 2.32. The molecule has 1 aromatic rings. The van der Waals surface area contributed by atoms with Gasteiger partial charge in [0, 0.05) is 38.4 Å². The van der Waals surface area contributed by atoms with Gasteiger partial charge in [-0.3, -0.25) is 10.00 Å². The fraction of sp³-hybridized carbons (Fsp3) is 0.750. The van der Waals surface area contributed by atoms with E-state index >= 15 is 0 Å². The van der Waals surface area contributed by atoms with Gasteiger partial charge in [-0.2, -0.15) is 9.40 Å². The molecule has 2 aliphatic rings. The fourth-order valence-electron chi connectivity index (χ4n) is 3.11. The number of nitrogens with zero attached hydrogens (tertiary/aromatic N) is 3. The maximum atomic E-state index is 12.3. The minimum atomic E-state index is -3.35. The molecule has 0 bridgehead atoms. The molecule has 6 nitrogen and oxygen atoms in total. The summed E-state index contributed by atoms with van der Waals surface area (Å²) in [6, 6.07) is 0.679. The monoisotopic (exact) mass is 284 g/mol. The largest absolute Gasteiger partial charge is 0.298 e. The molecular formula is C12H20N4O2S. The van der Waals surface area contributed by atoms with Crippen LogP contribution in [0.1, 0.15) is 25.7 Å². The van der Waals surface area contributed by atoms with Crippen LogP contribution in [-0.2, 0) is 10.0 Å². The summed E-state index contributed by atoms with van der Waals surface area (Å²) in [6.07, 6.45) is 8.00. The fourth-order valence-corrected chi connectivity index (χ4v) is 4.44. The van der Waals surface area contributed by atoms with Gasteiger partial charge in [-0.15, -0.1) is 0 Å². The Bertz CT molecular complexity index is 500. The molecule has 2 heterocycles. The Hall–Kier alpha value is -0.920. The van der Waals surface area contributed by atoms with Crippen LogP contribution in [0, 0.1) is 0 Å². The van der Waals surface area contributed by atoms with E-state index < -0.39 is 10.0 Å². The summed E-state index contributed by atoms with van der Waals surface area (Å²) in [6.45, 7) is 2.87. The maximum Gasteiger partial charge on any atom is 0.246 e. The van der Waals surface area contributed by atoms with Gasteiger partial charge in [0.1, 0.15) is 4.90 Å². The minimum Gasteiger partial charge on any atom is -0.298 e. The van der Waals surface area contributed by atoms with E-state index in [1.807, 2.05) is 0 Å². The summed E-state index contributed by atoms with van der Waals surface area (Å²) in [5.41, 5.74) is 0. The van der Waals surface area contributed by atoms with Crippen molar-refractivity contribution in [3.63, 3.8) is 0 Å². The zero-order valence-corrected chi connectivity index (χ0v) is 11.8. The van der Waals surface area contributed by atoms with Gasteiger partial charge < -0.3 is 0 Å². The van der Waals surface area contributed by atoms with Crippen LogP contribution in [0.5, 0.6) is 0 Å². The zero-order chi connectivity index (χ0) is 13.3. The van der Waals surface area contributed by atoms with E-state index in [-0.39, 0.29) is 4.90 Å². The van der Waals surface area contributed by atoms with Gasteiger partial charge in [-0.1, -0.05) is 12.8 Å². The SMILES string of the molecule is O=S(=O)(c1cn[nH]c1)N1CCN(C2CCCC2)CC1. The van der Waals surface area contributed by atoms with Gasteiger partial charge in [0.25, 0.3) is 0 Å². The number of sulfonamides is 1. The quantitative estimate of drug-likeness (QED) is 0.885. The van der Waals surface area contributed by atoms with Crippen molar-refractivity contribution in [2.75, 3.05) is 26.2 Å². The first-order chi connectivity index (χ1) is 9.18. The van der Waals surface area contributed by atoms with Crippen molar-refractivity contribution in [1.82, 2.24) is 19.4 Å². The van der Waals surface area contributed by atoms with E-state index in [0.29, 0.717) is 19.1 Å². The van der Waals surface area contributed by atoms with Gasteiger partial charge in [-0.05, 0) is 12.8 Å². The third-order valence-corrected chi connectivity index (χ3v) is 6.09. The van der Waals surface area contributed by atoms with Crippen molar-refractivity contribution in [1.29, 1.82) is 0 Å². The summed E-state index contributed by atoms with van der Waals surface area (Å²) in [4.78, 5) is 2.72. The molecule has 1 saturated heterocycles. The highest BCUT2D eigenvalue weighted by atomic mass is 32.2. The van der Waals surface area contributed by atoms with Gasteiger partial charge in [-0.25, -0.2) is 8.42 Å². The molecule has 0 unspecified atom stereocenters. The molecule has 1 aliphatic carbocycles. The van der Waals surface area contributed by atoms with Crippen LogP contribution in [0.4, 0.5) is 0 Å². The Morgan fingerprint density at radius 1 is 1.16 bits per heavy atom. The highest BCUT2D eigenvalue weighted by molar-refractivity contribution is 7.89. The molecule has 2 fully saturated rings. The van der Waals surface area contributed by atoms with Crippen molar-refractivity contribution in [2.24, 2.45) is 0 Å². The number of rotatable bonds is 3. The summed E-state index contributed by atoms with van der Waals surface area (Å²) in [5.74, 6) is 0. The molecule has 1 N–H and O–H groups in total. The second kappa shape index (κ2) is 5.22. The zero-order valence-electron chi connectivity index (χ0n) is 11.0. The normalized spacial score (nSPS) is 24.0. The first-order valence-electron chi connectivity index (χ1n) is 6.91. The molecule has 0 atom stereocenters. The Kier molecular flexibility index (Phi) is 3.60. The van der Waals surface area contributed by atoms with E-state index in [9.17, 15) is 8.42 Å². The number of nitrogens with one attached hydrogen (secondary N) is 1. The van der Waals surface area contributed by atoms with Crippen LogP contribution < -0.4 is 0 Å². The highest BCUT2D eigenvalue weighted by Crippen LogP contribution is 2.25. The second-order valence-corrected chi connectivity index (χ2v) is 7.25. The molecule has 0 spiro atoms. The first-order valence-corrected chi connectivity index (χ1v) is 8.35. The lowest BCUT2D eigenvalue weighted by Crippen LogP contribution is -2.51. The van der Waals surface area contributed by atoms with Gasteiger partial charge in [0.2, 0.25) is 10.0 Å². The topological polar surface area (TPSA) is 69.3 Å². The van der Waals surface area contributed by atoms with Crippen molar-refractivity contribution in [3.8, 4) is 0 Å². The molecule has 7 heteroatoms. The Balaban J connectivity index is 1.64. The van der Waals surface area contributed by atoms with E-state index in [4.69, 9.17) is 0 Å². The van der Waals surface area contributed by atoms with E-state index in [1.54, 1.807) is 4.31 Å². The summed E-state index contributed by atoms with van der Waals surface area (Å²) < 4.78 is 26.2. The van der Waals surface area contributed by atoms with Crippen molar-refractivity contribution < 1.29 is 8.42 Å². The average molecular weight is 284 g/mol. The van der Waals surface area contributed by atoms with E-state index in [1.165, 1.54) is 38.1 Å². The standard InChI is InChI=1S/C12H20N4O2S/c17-19(18,12-9-13-14-10-12)16-7-5-15(6-8-16)11-3-1-2-4-11/h9-11H,1-8H2,(H,13,14). The Morgan fingerprint density at radius 2 is 1.84 bits per heavy atom. The number of H-pyrrole nitrogens is 1. The predicted molar refractivity (Wildman–Crippen MR) is 71.2 cm³/mol. The molecule has 1 aromatic heterocycles. The lowest BCUT2D eigenvalue weighted by molar-refractivity contribution is 0.139. The van der Waals surface area contributed by atoms with Gasteiger partial charge in [0.15, 0.2) is 0 Å². The van der Waals surface area contributed by atoms with Crippen LogP contribution in [-0.4, -0.2) is 60.0 Å². The predicted octanol–water partition coefficient (Wildman–Crippen LogP) is 0.659. The Morgan fingerprint density at radius 3 is 2.42 bits per heavy atom. The van der Waals surface area contributed by atoms with Crippen LogP contribution >= 0.6 is 0 Å². The number of aromatic amines is 1. The molecule has 106 valence electrons. The number of aromatic nitrogens is 2. The molecule has 3 rings (SSSR count). The number of hydrogen-bond donors (Lipinski definition) is 1. The van der Waals surface area contributed by atoms with Crippen LogP contribution in [0.25, 0.3) is 0 Å². The molecule has 0 amide bonds. The van der Waals surface area contributed by atoms with Crippen molar-refractivity contribution in [3.05, 3.63) is 12.4 Å². The summed E-state index contributed by atoms with van der Waals surface area (Å²) >= 11 is 0. The van der Waals surface area contributed by atoms with E-state index in [2.05, 4.69) is 15.1 Å². The van der Waals surface area contributed by atoms with Crippen LogP contribution in [0.2, 0.25) is 0 Å². The summed E-state index contributed by atoms with van der Waals surface area (Å²) in [5, 5.41) is 6.28. The number of piperazine rings is 1. The molecule has 0 radical (unpaired) electrons. The van der Waals surface area contributed by atoms with Gasteiger partial charge in [0.05, 0.1) is 6.20 Å². The first kappa shape index (κ1) is 13.1.